The van der Waals surface area contributed by atoms with Gasteiger partial charge >= 0.3 is 0 Å². The van der Waals surface area contributed by atoms with Gasteiger partial charge in [0.05, 0.1) is 6.61 Å². The first-order valence-electron chi connectivity index (χ1n) is 9.24. The van der Waals surface area contributed by atoms with Gasteiger partial charge in [-0.05, 0) is 55.9 Å². The Morgan fingerprint density at radius 3 is 2.57 bits per heavy atom. The summed E-state index contributed by atoms with van der Waals surface area (Å²) in [5, 5.41) is 0. The van der Waals surface area contributed by atoms with Gasteiger partial charge in [0, 0.05) is 30.6 Å². The Hall–Kier alpha value is -1.51. The average molecular weight is 313 g/mol. The topological polar surface area (TPSA) is 29.5 Å². The van der Waals surface area contributed by atoms with E-state index in [9.17, 15) is 4.79 Å². The molecule has 2 saturated carbocycles. The molecule has 2 bridgehead atoms. The first kappa shape index (κ1) is 15.0. The third-order valence-electron chi connectivity index (χ3n) is 6.33. The molecule has 5 rings (SSSR count). The number of nitrogens with zero attached hydrogens (tertiary/aromatic N) is 1. The lowest BCUT2D eigenvalue weighted by atomic mass is 9.56. The quantitative estimate of drug-likeness (QED) is 0.837. The summed E-state index contributed by atoms with van der Waals surface area (Å²) in [5.74, 6) is 1.69. The number of hydrogen-bond donors (Lipinski definition) is 0. The molecule has 1 aromatic rings. The fraction of sp³-hybridized carbons (Fsp3) is 0.650. The van der Waals surface area contributed by atoms with Gasteiger partial charge in [0.1, 0.15) is 11.5 Å². The first-order valence-corrected chi connectivity index (χ1v) is 9.24. The van der Waals surface area contributed by atoms with Gasteiger partial charge in [-0.25, -0.2) is 0 Å². The molecule has 0 radical (unpaired) electrons. The Morgan fingerprint density at radius 1 is 1.17 bits per heavy atom. The van der Waals surface area contributed by atoms with Gasteiger partial charge in [-0.3, -0.25) is 4.79 Å². The number of ether oxygens (including phenoxy) is 1. The molecule has 1 aromatic carbocycles. The average Bonchev–Trinajstić information content (AvgIpc) is 2.58. The molecule has 0 N–H and O–H groups in total. The Kier molecular flexibility index (Phi) is 3.82. The number of benzene rings is 1. The molecule has 124 valence electrons. The zero-order valence-corrected chi connectivity index (χ0v) is 14.1. The zero-order chi connectivity index (χ0) is 15.9. The summed E-state index contributed by atoms with van der Waals surface area (Å²) in [5.41, 5.74) is 1.66. The maximum absolute atomic E-state index is 12.4. The molecule has 2 saturated heterocycles. The lowest BCUT2D eigenvalue weighted by molar-refractivity contribution is -0.132. The second-order valence-corrected chi connectivity index (χ2v) is 7.59. The second kappa shape index (κ2) is 5.85. The molecule has 2 aliphatic carbocycles. The van der Waals surface area contributed by atoms with E-state index in [0.29, 0.717) is 23.8 Å². The number of ketones is 1. The van der Waals surface area contributed by atoms with E-state index in [1.165, 1.54) is 37.8 Å². The van der Waals surface area contributed by atoms with Crippen molar-refractivity contribution >= 4 is 11.5 Å². The number of fused-ring (bicyclic) bond motifs is 2. The highest BCUT2D eigenvalue weighted by Crippen LogP contribution is 2.54. The van der Waals surface area contributed by atoms with E-state index in [0.717, 1.165) is 25.1 Å². The van der Waals surface area contributed by atoms with Crippen LogP contribution in [0.25, 0.3) is 0 Å². The van der Waals surface area contributed by atoms with Crippen LogP contribution >= 0.6 is 0 Å². The summed E-state index contributed by atoms with van der Waals surface area (Å²) in [4.78, 5) is 14.9. The molecule has 0 aromatic heterocycles. The van der Waals surface area contributed by atoms with Crippen LogP contribution in [-0.2, 0) is 4.79 Å². The van der Waals surface area contributed by atoms with Crippen LogP contribution in [0.1, 0.15) is 51.9 Å². The van der Waals surface area contributed by atoms with Crippen molar-refractivity contribution in [2.24, 2.45) is 11.3 Å². The highest BCUT2D eigenvalue weighted by atomic mass is 16.5. The lowest BCUT2D eigenvalue weighted by Gasteiger charge is -2.58. The van der Waals surface area contributed by atoms with Crippen molar-refractivity contribution in [1.29, 1.82) is 0 Å². The molecular formula is C20H27NO2. The Bertz CT molecular complexity index is 574. The van der Waals surface area contributed by atoms with E-state index in [4.69, 9.17) is 4.74 Å². The van der Waals surface area contributed by atoms with Crippen LogP contribution in [0.2, 0.25) is 0 Å². The zero-order valence-electron chi connectivity index (χ0n) is 14.1. The Morgan fingerprint density at radius 2 is 1.91 bits per heavy atom. The van der Waals surface area contributed by atoms with Crippen molar-refractivity contribution in [3.05, 3.63) is 24.3 Å². The molecule has 3 heteroatoms. The van der Waals surface area contributed by atoms with Gasteiger partial charge in [-0.1, -0.05) is 19.3 Å². The van der Waals surface area contributed by atoms with E-state index >= 15 is 0 Å². The monoisotopic (exact) mass is 313 g/mol. The first-order chi connectivity index (χ1) is 11.2. The molecule has 2 aliphatic heterocycles. The summed E-state index contributed by atoms with van der Waals surface area (Å²) in [7, 11) is 0. The maximum Gasteiger partial charge on any atom is 0.139 e. The highest BCUT2D eigenvalue weighted by Gasteiger charge is 2.54. The van der Waals surface area contributed by atoms with Crippen molar-refractivity contribution < 1.29 is 9.53 Å². The number of carbonyl (C=O) groups is 1. The van der Waals surface area contributed by atoms with E-state index in [-0.39, 0.29) is 5.92 Å². The number of rotatable bonds is 3. The van der Waals surface area contributed by atoms with E-state index in [1.54, 1.807) is 0 Å². The largest absolute Gasteiger partial charge is 0.494 e. The molecule has 2 atom stereocenters. The molecule has 1 spiro atoms. The minimum absolute atomic E-state index is 0.254. The van der Waals surface area contributed by atoms with Gasteiger partial charge in [0.25, 0.3) is 0 Å². The molecule has 23 heavy (non-hydrogen) atoms. The van der Waals surface area contributed by atoms with Gasteiger partial charge in [-0.2, -0.15) is 0 Å². The van der Waals surface area contributed by atoms with Crippen molar-refractivity contribution in [2.75, 3.05) is 18.1 Å². The maximum atomic E-state index is 12.4. The predicted octanol–water partition coefficient (Wildman–Crippen LogP) is 4.20. The molecule has 4 aliphatic rings. The number of carbonyl (C=O) groups excluding carboxylic acids is 1. The van der Waals surface area contributed by atoms with Gasteiger partial charge in [0.2, 0.25) is 0 Å². The molecule has 0 amide bonds. The minimum Gasteiger partial charge on any atom is -0.494 e. The predicted molar refractivity (Wildman–Crippen MR) is 92.0 cm³/mol. The van der Waals surface area contributed by atoms with Crippen molar-refractivity contribution in [2.45, 2.75) is 57.9 Å². The summed E-state index contributed by atoms with van der Waals surface area (Å²) in [6, 6.07) is 8.89. The van der Waals surface area contributed by atoms with Crippen LogP contribution in [0.4, 0.5) is 5.69 Å². The third kappa shape index (κ3) is 2.54. The number of piperidine rings is 2. The highest BCUT2D eigenvalue weighted by molar-refractivity contribution is 5.86. The van der Waals surface area contributed by atoms with Crippen LogP contribution in [0, 0.1) is 11.3 Å². The fourth-order valence-electron chi connectivity index (χ4n) is 5.27. The van der Waals surface area contributed by atoms with Crippen molar-refractivity contribution in [3.63, 3.8) is 0 Å². The van der Waals surface area contributed by atoms with Crippen LogP contribution in [0.5, 0.6) is 5.75 Å². The van der Waals surface area contributed by atoms with Gasteiger partial charge < -0.3 is 9.64 Å². The van der Waals surface area contributed by atoms with E-state index in [1.807, 2.05) is 6.92 Å². The summed E-state index contributed by atoms with van der Waals surface area (Å²) >= 11 is 0. The summed E-state index contributed by atoms with van der Waals surface area (Å²) in [6.07, 6.45) is 8.59. The van der Waals surface area contributed by atoms with Gasteiger partial charge in [0.15, 0.2) is 0 Å². The molecule has 1 unspecified atom stereocenters. The van der Waals surface area contributed by atoms with E-state index in [2.05, 4.69) is 29.2 Å². The molecule has 3 nitrogen and oxygen atoms in total. The van der Waals surface area contributed by atoms with Crippen LogP contribution in [-0.4, -0.2) is 25.0 Å². The number of hydrogen-bond acceptors (Lipinski definition) is 3. The standard InChI is InChI=1S/C20H27NO2/c1-2-23-17-8-6-16(7-9-17)21-14-15-13-20(10-4-3-5-11-20)19(21)12-18(15)22/h6-9,15,19H,2-5,10-14H2,1H3/t15?,19-/m1/s1. The summed E-state index contributed by atoms with van der Waals surface area (Å²) in [6.45, 7) is 3.63. The number of Topliss-reactive ketones (excluding diaryl/α,β-unsaturated/α-hetero) is 1. The summed E-state index contributed by atoms with van der Waals surface area (Å²) < 4.78 is 5.56. The Labute approximate surface area is 139 Å². The normalized spacial score (nSPS) is 29.1. The fourth-order valence-corrected chi connectivity index (χ4v) is 5.27. The molecular weight excluding hydrogens is 286 g/mol. The third-order valence-corrected chi connectivity index (χ3v) is 6.33. The van der Waals surface area contributed by atoms with Crippen molar-refractivity contribution in [1.82, 2.24) is 0 Å². The smallest absolute Gasteiger partial charge is 0.139 e. The van der Waals surface area contributed by atoms with Gasteiger partial charge in [-0.15, -0.1) is 0 Å². The van der Waals surface area contributed by atoms with Crippen LogP contribution in [0.3, 0.4) is 0 Å². The Balaban J connectivity index is 1.62. The van der Waals surface area contributed by atoms with E-state index < -0.39 is 0 Å². The second-order valence-electron chi connectivity index (χ2n) is 7.59. The molecule has 4 fully saturated rings. The SMILES string of the molecule is CCOc1ccc(N2CC3CC4(CCCCC4)[C@H]2CC3=O)cc1. The van der Waals surface area contributed by atoms with Crippen LogP contribution < -0.4 is 9.64 Å². The molecule has 2 heterocycles. The van der Waals surface area contributed by atoms with Crippen LogP contribution in [0.15, 0.2) is 24.3 Å². The number of anilines is 1. The lowest BCUT2D eigenvalue weighted by Crippen LogP contribution is -2.62. The van der Waals surface area contributed by atoms with Crippen molar-refractivity contribution in [3.8, 4) is 5.75 Å². The minimum atomic E-state index is 0.254.